The van der Waals surface area contributed by atoms with E-state index in [-0.39, 0.29) is 12.2 Å². The number of aliphatic hydroxyl groups is 1. The maximum absolute atomic E-state index is 10.9. The van der Waals surface area contributed by atoms with Crippen molar-refractivity contribution in [2.75, 3.05) is 0 Å². The first kappa shape index (κ1) is 12.6. The van der Waals surface area contributed by atoms with Crippen LogP contribution in [0.5, 0.6) is 0 Å². The quantitative estimate of drug-likeness (QED) is 0.576. The molecule has 0 fully saturated rings. The molecule has 0 aromatic heterocycles. The number of carbonyl (C=O) groups is 3. The Hall–Kier alpha value is -1.43. The number of ketones is 1. The molecule has 2 atom stereocenters. The van der Waals surface area contributed by atoms with Crippen molar-refractivity contribution in [1.29, 1.82) is 0 Å². The number of ether oxygens (including phenoxy) is 1. The molecule has 0 aromatic rings. The molecule has 80 valence electrons. The van der Waals surface area contributed by atoms with Crippen LogP contribution in [0.2, 0.25) is 0 Å². The number of aliphatic hydroxyl groups excluding tert-OH is 1. The lowest BCUT2D eigenvalue weighted by Crippen LogP contribution is -2.31. The second-order valence-corrected chi connectivity index (χ2v) is 2.84. The number of esters is 1. The summed E-state index contributed by atoms with van der Waals surface area (Å²) in [6.07, 6.45) is -3.29. The summed E-state index contributed by atoms with van der Waals surface area (Å²) in [5.41, 5.74) is 0. The van der Waals surface area contributed by atoms with Gasteiger partial charge < -0.3 is 14.9 Å². The number of hydrogen-bond acceptors (Lipinski definition) is 5. The normalized spacial score (nSPS) is 14.2. The van der Waals surface area contributed by atoms with E-state index in [1.165, 1.54) is 6.92 Å². The van der Waals surface area contributed by atoms with Crippen LogP contribution >= 0.6 is 0 Å². The topological polar surface area (TPSA) is 101 Å². The first-order chi connectivity index (χ1) is 6.34. The summed E-state index contributed by atoms with van der Waals surface area (Å²) >= 11 is 0. The van der Waals surface area contributed by atoms with Crippen molar-refractivity contribution in [3.63, 3.8) is 0 Å². The number of Topliss-reactive ketones (excluding diaryl/α,β-unsaturated/α-hetero) is 1. The van der Waals surface area contributed by atoms with Gasteiger partial charge in [0.05, 0.1) is 0 Å². The third-order valence-electron chi connectivity index (χ3n) is 1.39. The third kappa shape index (κ3) is 4.56. The standard InChI is InChI=1S/C8H12O6/c1-4(9)3-6(10)8(13)14-5(2)7(11)12/h5-6,10H,3H2,1-2H3,(H,11,12)/t5-,6-/m0/s1. The molecular formula is C8H12O6. The van der Waals surface area contributed by atoms with Gasteiger partial charge in [0.15, 0.2) is 12.2 Å². The van der Waals surface area contributed by atoms with Crippen LogP contribution < -0.4 is 0 Å². The van der Waals surface area contributed by atoms with E-state index in [2.05, 4.69) is 4.74 Å². The van der Waals surface area contributed by atoms with E-state index in [1.807, 2.05) is 0 Å². The lowest BCUT2D eigenvalue weighted by Gasteiger charge is -2.11. The fraction of sp³-hybridized carbons (Fsp3) is 0.625. The molecule has 0 heterocycles. The van der Waals surface area contributed by atoms with Gasteiger partial charge in [-0.1, -0.05) is 0 Å². The zero-order valence-corrected chi connectivity index (χ0v) is 7.89. The molecule has 6 nitrogen and oxygen atoms in total. The van der Waals surface area contributed by atoms with Crippen molar-refractivity contribution in [2.24, 2.45) is 0 Å². The highest BCUT2D eigenvalue weighted by Crippen LogP contribution is 2.00. The molecule has 2 N–H and O–H groups in total. The minimum atomic E-state index is -1.59. The van der Waals surface area contributed by atoms with E-state index in [4.69, 9.17) is 10.2 Å². The molecule has 0 aromatic carbocycles. The van der Waals surface area contributed by atoms with Crippen LogP contribution in [-0.2, 0) is 19.1 Å². The van der Waals surface area contributed by atoms with Gasteiger partial charge in [0, 0.05) is 6.42 Å². The zero-order valence-electron chi connectivity index (χ0n) is 7.89. The van der Waals surface area contributed by atoms with Gasteiger partial charge in [0.2, 0.25) is 0 Å². The Morgan fingerprint density at radius 3 is 2.21 bits per heavy atom. The Morgan fingerprint density at radius 1 is 1.36 bits per heavy atom. The lowest BCUT2D eigenvalue weighted by molar-refractivity contribution is -0.169. The van der Waals surface area contributed by atoms with Gasteiger partial charge >= 0.3 is 11.9 Å². The number of carboxylic acid groups (broad SMARTS) is 1. The second kappa shape index (κ2) is 5.33. The van der Waals surface area contributed by atoms with Crippen molar-refractivity contribution in [3.05, 3.63) is 0 Å². The van der Waals surface area contributed by atoms with Crippen LogP contribution in [0.4, 0.5) is 0 Å². The average molecular weight is 204 g/mol. The Labute approximate surface area is 80.5 Å². The summed E-state index contributed by atoms with van der Waals surface area (Å²) in [4.78, 5) is 31.7. The van der Waals surface area contributed by atoms with Gasteiger partial charge in [-0.05, 0) is 13.8 Å². The van der Waals surface area contributed by atoms with E-state index in [9.17, 15) is 14.4 Å². The van der Waals surface area contributed by atoms with Crippen LogP contribution in [0.3, 0.4) is 0 Å². The maximum Gasteiger partial charge on any atom is 0.344 e. The van der Waals surface area contributed by atoms with E-state index in [1.54, 1.807) is 0 Å². The van der Waals surface area contributed by atoms with Gasteiger partial charge in [-0.25, -0.2) is 9.59 Å². The van der Waals surface area contributed by atoms with Crippen molar-refractivity contribution < 1.29 is 29.3 Å². The fourth-order valence-corrected chi connectivity index (χ4v) is 0.659. The number of carboxylic acids is 1. The predicted molar refractivity (Wildman–Crippen MR) is 44.5 cm³/mol. The number of hydrogen-bond donors (Lipinski definition) is 2. The first-order valence-corrected chi connectivity index (χ1v) is 3.95. The SMILES string of the molecule is CC(=O)C[C@H](O)C(=O)O[C@@H](C)C(=O)O. The fourth-order valence-electron chi connectivity index (χ4n) is 0.659. The highest BCUT2D eigenvalue weighted by molar-refractivity contribution is 5.85. The smallest absolute Gasteiger partial charge is 0.344 e. The molecule has 0 bridgehead atoms. The maximum atomic E-state index is 10.9. The molecule has 0 spiro atoms. The first-order valence-electron chi connectivity index (χ1n) is 3.95. The van der Waals surface area contributed by atoms with Gasteiger partial charge in [-0.2, -0.15) is 0 Å². The van der Waals surface area contributed by atoms with Crippen molar-refractivity contribution in [3.8, 4) is 0 Å². The summed E-state index contributed by atoms with van der Waals surface area (Å²) in [7, 11) is 0. The Kier molecular flexibility index (Phi) is 4.79. The number of aliphatic carboxylic acids is 1. The van der Waals surface area contributed by atoms with Crippen LogP contribution in [0.15, 0.2) is 0 Å². The monoisotopic (exact) mass is 204 g/mol. The summed E-state index contributed by atoms with van der Waals surface area (Å²) in [6, 6.07) is 0. The second-order valence-electron chi connectivity index (χ2n) is 2.84. The van der Waals surface area contributed by atoms with Crippen LogP contribution in [-0.4, -0.2) is 40.1 Å². The summed E-state index contributed by atoms with van der Waals surface area (Å²) in [6.45, 7) is 2.36. The molecule has 0 aliphatic rings. The number of rotatable bonds is 5. The Balaban J connectivity index is 4.07. The average Bonchev–Trinajstić information content (AvgIpc) is 2.02. The molecule has 0 radical (unpaired) electrons. The van der Waals surface area contributed by atoms with Crippen molar-refractivity contribution in [2.45, 2.75) is 32.5 Å². The van der Waals surface area contributed by atoms with E-state index >= 15 is 0 Å². The molecule has 0 aliphatic heterocycles. The molecular weight excluding hydrogens is 192 g/mol. The molecule has 0 amide bonds. The molecule has 0 rings (SSSR count). The predicted octanol–water partition coefficient (Wildman–Crippen LogP) is -0.657. The molecule has 14 heavy (non-hydrogen) atoms. The molecule has 6 heteroatoms. The van der Waals surface area contributed by atoms with Gasteiger partial charge in [-0.15, -0.1) is 0 Å². The third-order valence-corrected chi connectivity index (χ3v) is 1.39. The summed E-state index contributed by atoms with van der Waals surface area (Å²) < 4.78 is 4.33. The minimum absolute atomic E-state index is 0.370. The van der Waals surface area contributed by atoms with Gasteiger partial charge in [-0.3, -0.25) is 4.79 Å². The summed E-state index contributed by atoms with van der Waals surface area (Å²) in [5.74, 6) is -2.79. The molecule has 0 aliphatic carbocycles. The van der Waals surface area contributed by atoms with Crippen LogP contribution in [0.1, 0.15) is 20.3 Å². The van der Waals surface area contributed by atoms with Gasteiger partial charge in [0.1, 0.15) is 5.78 Å². The largest absolute Gasteiger partial charge is 0.479 e. The molecule has 0 saturated carbocycles. The van der Waals surface area contributed by atoms with Crippen molar-refractivity contribution in [1.82, 2.24) is 0 Å². The van der Waals surface area contributed by atoms with E-state index < -0.39 is 24.1 Å². The van der Waals surface area contributed by atoms with E-state index in [0.29, 0.717) is 0 Å². The number of carbonyl (C=O) groups excluding carboxylic acids is 2. The molecule has 0 unspecified atom stereocenters. The Morgan fingerprint density at radius 2 is 1.86 bits per heavy atom. The highest BCUT2D eigenvalue weighted by atomic mass is 16.6. The highest BCUT2D eigenvalue weighted by Gasteiger charge is 2.23. The van der Waals surface area contributed by atoms with Gasteiger partial charge in [0.25, 0.3) is 0 Å². The summed E-state index contributed by atoms with van der Waals surface area (Å²) in [5, 5.41) is 17.4. The van der Waals surface area contributed by atoms with Crippen LogP contribution in [0.25, 0.3) is 0 Å². The van der Waals surface area contributed by atoms with Crippen molar-refractivity contribution >= 4 is 17.7 Å². The lowest BCUT2D eigenvalue weighted by atomic mass is 10.2. The Bertz CT molecular complexity index is 246. The van der Waals surface area contributed by atoms with Crippen LogP contribution in [0, 0.1) is 0 Å². The minimum Gasteiger partial charge on any atom is -0.479 e. The van der Waals surface area contributed by atoms with E-state index in [0.717, 1.165) is 6.92 Å². The zero-order chi connectivity index (χ0) is 11.3. The molecule has 0 saturated heterocycles.